The molecule has 2 N–H and O–H groups in total. The Bertz CT molecular complexity index is 1040. The lowest BCUT2D eigenvalue weighted by atomic mass is 10.1. The fourth-order valence-electron chi connectivity index (χ4n) is 3.52. The van der Waals surface area contributed by atoms with Gasteiger partial charge in [-0.15, -0.1) is 5.06 Å². The molecule has 1 aliphatic heterocycles. The Hall–Kier alpha value is -3.16. The molecule has 32 heavy (non-hydrogen) atoms. The summed E-state index contributed by atoms with van der Waals surface area (Å²) >= 11 is 0. The van der Waals surface area contributed by atoms with Gasteiger partial charge in [-0.25, -0.2) is 4.99 Å². The Balaban J connectivity index is 0.000000971. The SMILES string of the molecule is C.CC.CN.COc1ccc(C2=NC(c3cccc4c3ccn4CC=O)N(C)O2)cc1C. The highest BCUT2D eigenvalue weighted by Gasteiger charge is 2.29. The predicted octanol–water partition coefficient (Wildman–Crippen LogP) is 4.72. The quantitative estimate of drug-likeness (QED) is 0.581. The Morgan fingerprint density at radius 3 is 2.53 bits per heavy atom. The lowest BCUT2D eigenvalue weighted by Gasteiger charge is -2.17. The molecule has 0 spiro atoms. The number of nitrogens with two attached hydrogens (primary N) is 1. The smallest absolute Gasteiger partial charge is 0.243 e. The van der Waals surface area contributed by atoms with Crippen molar-refractivity contribution in [1.82, 2.24) is 9.63 Å². The number of aromatic nitrogens is 1. The summed E-state index contributed by atoms with van der Waals surface area (Å²) in [5.41, 5.74) is 8.49. The van der Waals surface area contributed by atoms with Gasteiger partial charge < -0.3 is 24.7 Å². The van der Waals surface area contributed by atoms with E-state index in [2.05, 4.69) is 5.73 Å². The van der Waals surface area contributed by atoms with Crippen LogP contribution in [0.1, 0.15) is 44.1 Å². The maximum atomic E-state index is 10.9. The summed E-state index contributed by atoms with van der Waals surface area (Å²) in [6.45, 7) is 6.33. The van der Waals surface area contributed by atoms with Crippen LogP contribution in [0.25, 0.3) is 10.9 Å². The molecule has 7 heteroatoms. The zero-order valence-corrected chi connectivity index (χ0v) is 19.1. The minimum absolute atomic E-state index is 0. The highest BCUT2D eigenvalue weighted by atomic mass is 16.7. The summed E-state index contributed by atoms with van der Waals surface area (Å²) in [6.07, 6.45) is 2.58. The number of aryl methyl sites for hydroxylation is 1. The lowest BCUT2D eigenvalue weighted by Crippen LogP contribution is -2.19. The number of carbonyl (C=O) groups is 1. The van der Waals surface area contributed by atoms with Gasteiger partial charge >= 0.3 is 0 Å². The van der Waals surface area contributed by atoms with E-state index in [4.69, 9.17) is 14.6 Å². The van der Waals surface area contributed by atoms with Gasteiger partial charge in [0.2, 0.25) is 5.90 Å². The minimum atomic E-state index is -0.252. The number of hydroxylamine groups is 2. The molecule has 0 saturated heterocycles. The summed E-state index contributed by atoms with van der Waals surface area (Å²) in [6, 6.07) is 13.9. The monoisotopic (exact) mass is 440 g/mol. The number of fused-ring (bicyclic) bond motifs is 1. The molecule has 0 radical (unpaired) electrons. The second-order valence-electron chi connectivity index (χ2n) is 6.54. The van der Waals surface area contributed by atoms with E-state index in [-0.39, 0.29) is 13.6 Å². The van der Waals surface area contributed by atoms with Crippen LogP contribution in [0.5, 0.6) is 5.75 Å². The average Bonchev–Trinajstić information content (AvgIpc) is 3.40. The molecule has 0 aliphatic carbocycles. The number of hydrogen-bond donors (Lipinski definition) is 1. The highest BCUT2D eigenvalue weighted by molar-refractivity contribution is 5.95. The molecule has 2 heterocycles. The molecule has 174 valence electrons. The lowest BCUT2D eigenvalue weighted by molar-refractivity contribution is -0.108. The van der Waals surface area contributed by atoms with Gasteiger partial charge in [0.1, 0.15) is 12.0 Å². The number of ether oxygens (including phenoxy) is 1. The van der Waals surface area contributed by atoms with Gasteiger partial charge in [0.15, 0.2) is 6.17 Å². The minimum Gasteiger partial charge on any atom is -0.496 e. The second kappa shape index (κ2) is 12.6. The summed E-state index contributed by atoms with van der Waals surface area (Å²) in [5.74, 6) is 1.42. The maximum absolute atomic E-state index is 10.9. The van der Waals surface area contributed by atoms with Crippen molar-refractivity contribution in [1.29, 1.82) is 0 Å². The normalized spacial score (nSPS) is 14.7. The van der Waals surface area contributed by atoms with Crippen molar-refractivity contribution in [2.24, 2.45) is 10.7 Å². The topological polar surface area (TPSA) is 82.1 Å². The summed E-state index contributed by atoms with van der Waals surface area (Å²) in [4.78, 5) is 21.6. The number of benzene rings is 2. The molecule has 1 atom stereocenters. The van der Waals surface area contributed by atoms with Crippen molar-refractivity contribution in [3.8, 4) is 5.75 Å². The fourth-order valence-corrected chi connectivity index (χ4v) is 3.52. The molecular formula is C25H36N4O3. The van der Waals surface area contributed by atoms with Crippen LogP contribution in [-0.2, 0) is 16.2 Å². The number of rotatable bonds is 5. The van der Waals surface area contributed by atoms with E-state index < -0.39 is 0 Å². The molecule has 2 aromatic carbocycles. The van der Waals surface area contributed by atoms with E-state index in [0.29, 0.717) is 12.4 Å². The molecule has 0 saturated carbocycles. The van der Waals surface area contributed by atoms with E-state index in [1.807, 2.05) is 81.0 Å². The first-order valence-electron chi connectivity index (χ1n) is 10.3. The van der Waals surface area contributed by atoms with Crippen LogP contribution in [0, 0.1) is 6.92 Å². The van der Waals surface area contributed by atoms with Gasteiger partial charge in [-0.1, -0.05) is 33.4 Å². The molecule has 0 fully saturated rings. The number of aliphatic imine (C=N–C) groups is 1. The standard InChI is InChI=1S/C21H21N3O3.C2H6.CH5N.CH4/c1-14-13-15(7-8-19(14)26-3)21-22-20(23(2)27-21)17-5-4-6-18-16(17)9-10-24(18)11-12-25;2*1-2;/h4-10,12-13,20H,11H2,1-3H3;1-2H3;2H2,1H3;1H4. The van der Waals surface area contributed by atoms with Gasteiger partial charge in [0.05, 0.1) is 13.7 Å². The predicted molar refractivity (Wildman–Crippen MR) is 132 cm³/mol. The van der Waals surface area contributed by atoms with Crippen LogP contribution in [0.3, 0.4) is 0 Å². The third-order valence-corrected chi connectivity index (χ3v) is 4.85. The largest absolute Gasteiger partial charge is 0.496 e. The number of hydrogen-bond acceptors (Lipinski definition) is 6. The van der Waals surface area contributed by atoms with Crippen molar-refractivity contribution in [3.05, 3.63) is 65.4 Å². The molecule has 1 unspecified atom stereocenters. The Morgan fingerprint density at radius 1 is 1.19 bits per heavy atom. The first kappa shape index (κ1) is 26.9. The number of aldehydes is 1. The highest BCUT2D eigenvalue weighted by Crippen LogP contribution is 2.34. The zero-order chi connectivity index (χ0) is 23.0. The maximum Gasteiger partial charge on any atom is 0.243 e. The number of methoxy groups -OCH3 is 1. The zero-order valence-electron chi connectivity index (χ0n) is 19.1. The molecule has 0 amide bonds. The van der Waals surface area contributed by atoms with Crippen molar-refractivity contribution < 1.29 is 14.4 Å². The van der Waals surface area contributed by atoms with Gasteiger partial charge in [0.25, 0.3) is 0 Å². The Labute approximate surface area is 191 Å². The van der Waals surface area contributed by atoms with Crippen LogP contribution in [0.2, 0.25) is 0 Å². The van der Waals surface area contributed by atoms with Crippen LogP contribution in [-0.4, -0.2) is 43.0 Å². The first-order valence-corrected chi connectivity index (χ1v) is 10.3. The van der Waals surface area contributed by atoms with Gasteiger partial charge in [-0.3, -0.25) is 0 Å². The summed E-state index contributed by atoms with van der Waals surface area (Å²) in [5, 5.41) is 2.82. The average molecular weight is 441 g/mol. The summed E-state index contributed by atoms with van der Waals surface area (Å²) < 4.78 is 7.26. The van der Waals surface area contributed by atoms with E-state index in [1.165, 1.54) is 7.05 Å². The van der Waals surface area contributed by atoms with E-state index in [1.54, 1.807) is 12.2 Å². The Kier molecular flexibility index (Phi) is 10.6. The van der Waals surface area contributed by atoms with Crippen molar-refractivity contribution >= 4 is 23.1 Å². The molecule has 0 bridgehead atoms. The van der Waals surface area contributed by atoms with Gasteiger partial charge in [-0.2, -0.15) is 0 Å². The van der Waals surface area contributed by atoms with Gasteiger partial charge in [-0.05, 0) is 49.9 Å². The van der Waals surface area contributed by atoms with Crippen LogP contribution >= 0.6 is 0 Å². The molecule has 3 aromatic rings. The second-order valence-corrected chi connectivity index (χ2v) is 6.54. The molecule has 7 nitrogen and oxygen atoms in total. The van der Waals surface area contributed by atoms with Gasteiger partial charge in [0, 0.05) is 35.3 Å². The first-order chi connectivity index (χ1) is 15.1. The number of nitrogens with zero attached hydrogens (tertiary/aromatic N) is 3. The van der Waals surface area contributed by atoms with E-state index in [9.17, 15) is 4.79 Å². The van der Waals surface area contributed by atoms with Crippen molar-refractivity contribution in [2.45, 2.75) is 40.9 Å². The van der Waals surface area contributed by atoms with Crippen molar-refractivity contribution in [2.75, 3.05) is 21.2 Å². The molecular weight excluding hydrogens is 404 g/mol. The number of carbonyl (C=O) groups excluding carboxylic acids is 1. The molecule has 1 aliphatic rings. The molecule has 1 aromatic heterocycles. The van der Waals surface area contributed by atoms with Crippen LogP contribution in [0.4, 0.5) is 0 Å². The van der Waals surface area contributed by atoms with E-state index in [0.717, 1.165) is 39.6 Å². The third-order valence-electron chi connectivity index (χ3n) is 4.85. The third kappa shape index (κ3) is 5.36. The summed E-state index contributed by atoms with van der Waals surface area (Å²) in [7, 11) is 5.03. The fraction of sp³-hybridized carbons (Fsp3) is 0.360. The van der Waals surface area contributed by atoms with Crippen LogP contribution < -0.4 is 10.5 Å². The molecule has 4 rings (SSSR count). The van der Waals surface area contributed by atoms with E-state index >= 15 is 0 Å². The Morgan fingerprint density at radius 2 is 1.91 bits per heavy atom. The van der Waals surface area contributed by atoms with Crippen molar-refractivity contribution in [3.63, 3.8) is 0 Å². The van der Waals surface area contributed by atoms with Crippen LogP contribution in [0.15, 0.2) is 53.7 Å².